The molecule has 1 amide bonds. The lowest BCUT2D eigenvalue weighted by molar-refractivity contribution is -0.122. The summed E-state index contributed by atoms with van der Waals surface area (Å²) >= 11 is 0. The van der Waals surface area contributed by atoms with Crippen LogP contribution in [0.3, 0.4) is 0 Å². The zero-order chi connectivity index (χ0) is 13.4. The van der Waals surface area contributed by atoms with Crippen LogP contribution in [0.4, 0.5) is 0 Å². The summed E-state index contributed by atoms with van der Waals surface area (Å²) in [6, 6.07) is 5.70. The third-order valence-electron chi connectivity index (χ3n) is 2.42. The third kappa shape index (κ3) is 4.52. The van der Waals surface area contributed by atoms with E-state index in [2.05, 4.69) is 16.4 Å². The van der Waals surface area contributed by atoms with Gasteiger partial charge in [0, 0.05) is 24.8 Å². The molecule has 0 aliphatic carbocycles. The van der Waals surface area contributed by atoms with Crippen LogP contribution in [0, 0.1) is 11.3 Å². The first kappa shape index (κ1) is 14.1. The van der Waals surface area contributed by atoms with E-state index in [1.165, 1.54) is 0 Å². The van der Waals surface area contributed by atoms with E-state index in [0.29, 0.717) is 25.3 Å². The van der Waals surface area contributed by atoms with E-state index >= 15 is 0 Å². The summed E-state index contributed by atoms with van der Waals surface area (Å²) in [5, 5.41) is 11.7. The van der Waals surface area contributed by atoms with Gasteiger partial charge in [-0.1, -0.05) is 13.0 Å². The summed E-state index contributed by atoms with van der Waals surface area (Å²) < 4.78 is 0. The number of pyridine rings is 1. The summed E-state index contributed by atoms with van der Waals surface area (Å²) in [4.78, 5) is 17.4. The van der Waals surface area contributed by atoms with E-state index < -0.39 is 0 Å². The van der Waals surface area contributed by atoms with E-state index in [0.717, 1.165) is 12.0 Å². The average molecular weight is 246 g/mol. The first-order valence-corrected chi connectivity index (χ1v) is 5.96. The molecule has 1 aromatic rings. The van der Waals surface area contributed by atoms with Crippen molar-refractivity contribution in [3.8, 4) is 6.07 Å². The van der Waals surface area contributed by atoms with Crippen LogP contribution < -0.4 is 5.32 Å². The molecule has 0 aliphatic rings. The molecular formula is C13H18N4O. The molecule has 0 unspecified atom stereocenters. The lowest BCUT2D eigenvalue weighted by Gasteiger charge is -2.16. The highest BCUT2D eigenvalue weighted by Crippen LogP contribution is 2.06. The van der Waals surface area contributed by atoms with Crippen LogP contribution in [-0.4, -0.2) is 35.9 Å². The highest BCUT2D eigenvalue weighted by molar-refractivity contribution is 5.77. The van der Waals surface area contributed by atoms with Crippen LogP contribution in [0.5, 0.6) is 0 Å². The number of nitrogens with zero attached hydrogens (tertiary/aromatic N) is 3. The summed E-state index contributed by atoms with van der Waals surface area (Å²) in [5.41, 5.74) is 1.25. The van der Waals surface area contributed by atoms with Crippen molar-refractivity contribution < 1.29 is 4.79 Å². The van der Waals surface area contributed by atoms with Crippen molar-refractivity contribution in [1.29, 1.82) is 5.26 Å². The maximum Gasteiger partial charge on any atom is 0.234 e. The summed E-state index contributed by atoms with van der Waals surface area (Å²) in [6.07, 6.45) is 2.52. The van der Waals surface area contributed by atoms with E-state index in [1.54, 1.807) is 12.3 Å². The molecule has 0 bridgehead atoms. The number of nitriles is 1. The van der Waals surface area contributed by atoms with Crippen LogP contribution in [0.15, 0.2) is 18.3 Å². The van der Waals surface area contributed by atoms with Crippen LogP contribution in [-0.2, 0) is 11.3 Å². The number of nitrogens with one attached hydrogen (secondary N) is 1. The molecule has 0 spiro atoms. The van der Waals surface area contributed by atoms with Crippen molar-refractivity contribution in [3.63, 3.8) is 0 Å². The Bertz CT molecular complexity index is 439. The number of hydrogen-bond donors (Lipinski definition) is 1. The van der Waals surface area contributed by atoms with Gasteiger partial charge in [-0.05, 0) is 19.5 Å². The van der Waals surface area contributed by atoms with Crippen molar-refractivity contribution in [2.24, 2.45) is 0 Å². The zero-order valence-electron chi connectivity index (χ0n) is 10.8. The molecule has 18 heavy (non-hydrogen) atoms. The molecular weight excluding hydrogens is 228 g/mol. The van der Waals surface area contributed by atoms with Crippen molar-refractivity contribution in [2.75, 3.05) is 20.1 Å². The molecule has 1 heterocycles. The van der Waals surface area contributed by atoms with Crippen LogP contribution in [0.1, 0.15) is 24.6 Å². The molecule has 1 N–H and O–H groups in total. The van der Waals surface area contributed by atoms with Crippen molar-refractivity contribution >= 4 is 5.91 Å². The second-order valence-electron chi connectivity index (χ2n) is 4.15. The molecule has 0 fully saturated rings. The Hall–Kier alpha value is -1.93. The molecule has 5 nitrogen and oxygen atoms in total. The van der Waals surface area contributed by atoms with Gasteiger partial charge in [0.05, 0.1) is 6.54 Å². The molecule has 0 aromatic carbocycles. The molecule has 0 aliphatic heterocycles. The Morgan fingerprint density at radius 2 is 2.39 bits per heavy atom. The van der Waals surface area contributed by atoms with Crippen molar-refractivity contribution in [2.45, 2.75) is 19.9 Å². The van der Waals surface area contributed by atoms with Gasteiger partial charge in [-0.3, -0.25) is 9.69 Å². The minimum Gasteiger partial charge on any atom is -0.355 e. The van der Waals surface area contributed by atoms with Gasteiger partial charge in [0.25, 0.3) is 0 Å². The Kier molecular flexibility index (Phi) is 5.81. The molecule has 1 aromatic heterocycles. The lowest BCUT2D eigenvalue weighted by atomic mass is 10.2. The highest BCUT2D eigenvalue weighted by atomic mass is 16.2. The number of carbonyl (C=O) groups excluding carboxylic acids is 1. The fourth-order valence-corrected chi connectivity index (χ4v) is 1.58. The predicted molar refractivity (Wildman–Crippen MR) is 68.6 cm³/mol. The molecule has 0 radical (unpaired) electrons. The Morgan fingerprint density at radius 3 is 3.06 bits per heavy atom. The number of rotatable bonds is 6. The van der Waals surface area contributed by atoms with Gasteiger partial charge < -0.3 is 5.32 Å². The fourth-order valence-electron chi connectivity index (χ4n) is 1.58. The van der Waals surface area contributed by atoms with Gasteiger partial charge in [0.1, 0.15) is 11.8 Å². The first-order chi connectivity index (χ1) is 8.67. The molecule has 5 heteroatoms. The highest BCUT2D eigenvalue weighted by Gasteiger charge is 2.09. The molecule has 0 saturated carbocycles. The number of hydrogen-bond acceptors (Lipinski definition) is 4. The van der Waals surface area contributed by atoms with Gasteiger partial charge >= 0.3 is 0 Å². The molecule has 96 valence electrons. The van der Waals surface area contributed by atoms with Gasteiger partial charge in [-0.25, -0.2) is 4.98 Å². The Labute approximate surface area is 107 Å². The maximum atomic E-state index is 11.5. The maximum absolute atomic E-state index is 11.5. The van der Waals surface area contributed by atoms with E-state index in [9.17, 15) is 4.79 Å². The Morgan fingerprint density at radius 1 is 1.61 bits per heavy atom. The second kappa shape index (κ2) is 7.41. The normalized spacial score (nSPS) is 10.1. The van der Waals surface area contributed by atoms with Crippen LogP contribution >= 0.6 is 0 Å². The molecule has 0 atom stereocenters. The van der Waals surface area contributed by atoms with Crippen LogP contribution in [0.2, 0.25) is 0 Å². The standard InChI is InChI=1S/C13H18N4O/c1-3-6-16-13(18)10-17(2)9-11-5-4-7-15-12(11)8-14/h4-5,7H,3,6,9-10H2,1-2H3,(H,16,18). The van der Waals surface area contributed by atoms with Gasteiger partial charge in [-0.15, -0.1) is 0 Å². The summed E-state index contributed by atoms with van der Waals surface area (Å²) in [5.74, 6) is 0.00162. The largest absolute Gasteiger partial charge is 0.355 e. The van der Waals surface area contributed by atoms with E-state index in [1.807, 2.05) is 24.9 Å². The van der Waals surface area contributed by atoms with Crippen molar-refractivity contribution in [3.05, 3.63) is 29.6 Å². The second-order valence-corrected chi connectivity index (χ2v) is 4.15. The summed E-state index contributed by atoms with van der Waals surface area (Å²) in [7, 11) is 1.85. The molecule has 0 saturated heterocycles. The minimum atomic E-state index is 0.00162. The number of aromatic nitrogens is 1. The van der Waals surface area contributed by atoms with E-state index in [-0.39, 0.29) is 5.91 Å². The lowest BCUT2D eigenvalue weighted by Crippen LogP contribution is -2.35. The van der Waals surface area contributed by atoms with Gasteiger partial charge in [0.2, 0.25) is 5.91 Å². The predicted octanol–water partition coefficient (Wildman–Crippen LogP) is 0.911. The first-order valence-electron chi connectivity index (χ1n) is 5.96. The number of amides is 1. The number of carbonyl (C=O) groups is 1. The Balaban J connectivity index is 2.52. The fraction of sp³-hybridized carbons (Fsp3) is 0.462. The van der Waals surface area contributed by atoms with Crippen LogP contribution in [0.25, 0.3) is 0 Å². The SMILES string of the molecule is CCCNC(=O)CN(C)Cc1cccnc1C#N. The smallest absolute Gasteiger partial charge is 0.234 e. The van der Waals surface area contributed by atoms with Gasteiger partial charge in [-0.2, -0.15) is 5.26 Å². The van der Waals surface area contributed by atoms with Crippen molar-refractivity contribution in [1.82, 2.24) is 15.2 Å². The topological polar surface area (TPSA) is 69.0 Å². The average Bonchev–Trinajstić information content (AvgIpc) is 2.36. The number of likely N-dealkylation sites (N-methyl/N-ethyl adjacent to an activating group) is 1. The summed E-state index contributed by atoms with van der Waals surface area (Å²) in [6.45, 7) is 3.57. The monoisotopic (exact) mass is 246 g/mol. The quantitative estimate of drug-likeness (QED) is 0.810. The van der Waals surface area contributed by atoms with Gasteiger partial charge in [0.15, 0.2) is 0 Å². The minimum absolute atomic E-state index is 0.00162. The molecule has 1 rings (SSSR count). The zero-order valence-corrected chi connectivity index (χ0v) is 10.8. The third-order valence-corrected chi connectivity index (χ3v) is 2.42. The van der Waals surface area contributed by atoms with E-state index in [4.69, 9.17) is 5.26 Å².